The van der Waals surface area contributed by atoms with Gasteiger partial charge in [0.05, 0.1) is 12.0 Å². The van der Waals surface area contributed by atoms with E-state index in [1.165, 1.54) is 4.90 Å². The van der Waals surface area contributed by atoms with Crippen LogP contribution in [0.1, 0.15) is 43.6 Å². The van der Waals surface area contributed by atoms with Gasteiger partial charge in [0, 0.05) is 13.6 Å². The molecule has 0 bridgehead atoms. The van der Waals surface area contributed by atoms with Crippen molar-refractivity contribution in [2.75, 3.05) is 7.05 Å². The topological polar surface area (TPSA) is 87.1 Å². The molecule has 23 heavy (non-hydrogen) atoms. The molecule has 2 atom stereocenters. The molecule has 2 unspecified atom stereocenters. The van der Waals surface area contributed by atoms with Crippen LogP contribution in [0.25, 0.3) is 0 Å². The van der Waals surface area contributed by atoms with Crippen molar-refractivity contribution in [3.8, 4) is 0 Å². The molecule has 0 aliphatic heterocycles. The largest absolute Gasteiger partial charge is 0.481 e. The number of aliphatic hydroxyl groups excluding tert-OH is 1. The highest BCUT2D eigenvalue weighted by atomic mass is 16.6. The first-order chi connectivity index (χ1) is 10.6. The van der Waals surface area contributed by atoms with Crippen molar-refractivity contribution in [2.24, 2.45) is 5.92 Å². The minimum atomic E-state index is -1.01. The summed E-state index contributed by atoms with van der Waals surface area (Å²) in [6, 6.07) is 5.43. The summed E-state index contributed by atoms with van der Waals surface area (Å²) < 4.78 is 5.29. The number of carboxylic acids is 1. The monoisotopic (exact) mass is 321 g/mol. The summed E-state index contributed by atoms with van der Waals surface area (Å²) in [6.45, 7) is 5.73. The highest BCUT2D eigenvalue weighted by Gasteiger charge is 2.36. The summed E-state index contributed by atoms with van der Waals surface area (Å²) in [5.74, 6) is -1.80. The molecule has 0 aromatic heterocycles. The number of ether oxygens (including phenoxy) is 1. The van der Waals surface area contributed by atoms with Gasteiger partial charge in [-0.05, 0) is 43.9 Å². The first kappa shape index (κ1) is 17.3. The SMILES string of the molecule is CN(Cc1ccc2c(c1)C(O)C(C(=O)O)C2)C(=O)OC(C)(C)C. The van der Waals surface area contributed by atoms with E-state index in [4.69, 9.17) is 9.84 Å². The molecule has 6 nitrogen and oxygen atoms in total. The Morgan fingerprint density at radius 3 is 2.57 bits per heavy atom. The van der Waals surface area contributed by atoms with Crippen molar-refractivity contribution in [1.29, 1.82) is 0 Å². The van der Waals surface area contributed by atoms with E-state index >= 15 is 0 Å². The van der Waals surface area contributed by atoms with Crippen LogP contribution < -0.4 is 0 Å². The van der Waals surface area contributed by atoms with Gasteiger partial charge in [0.15, 0.2) is 0 Å². The number of nitrogens with zero attached hydrogens (tertiary/aromatic N) is 1. The average molecular weight is 321 g/mol. The smallest absolute Gasteiger partial charge is 0.410 e. The third-order valence-electron chi connectivity index (χ3n) is 3.79. The minimum absolute atomic E-state index is 0.326. The van der Waals surface area contributed by atoms with Crippen LogP contribution in [0.15, 0.2) is 18.2 Å². The van der Waals surface area contributed by atoms with Crippen molar-refractivity contribution in [3.05, 3.63) is 34.9 Å². The van der Waals surface area contributed by atoms with E-state index < -0.39 is 29.7 Å². The molecular weight excluding hydrogens is 298 g/mol. The fourth-order valence-electron chi connectivity index (χ4n) is 2.67. The van der Waals surface area contributed by atoms with Crippen molar-refractivity contribution in [2.45, 2.75) is 45.4 Å². The van der Waals surface area contributed by atoms with Crippen LogP contribution in [-0.4, -0.2) is 39.8 Å². The van der Waals surface area contributed by atoms with Gasteiger partial charge in [0.2, 0.25) is 0 Å². The second-order valence-corrected chi connectivity index (χ2v) is 6.96. The van der Waals surface area contributed by atoms with Gasteiger partial charge < -0.3 is 19.8 Å². The second kappa shape index (κ2) is 6.20. The zero-order valence-corrected chi connectivity index (χ0v) is 13.9. The molecule has 1 aromatic carbocycles. The van der Waals surface area contributed by atoms with E-state index in [0.717, 1.165) is 11.1 Å². The maximum absolute atomic E-state index is 12.0. The van der Waals surface area contributed by atoms with Crippen LogP contribution in [0.5, 0.6) is 0 Å². The first-order valence-corrected chi connectivity index (χ1v) is 7.55. The van der Waals surface area contributed by atoms with Crippen molar-refractivity contribution >= 4 is 12.1 Å². The molecule has 1 amide bonds. The first-order valence-electron chi connectivity index (χ1n) is 7.55. The molecule has 0 radical (unpaired) electrons. The molecule has 1 aliphatic carbocycles. The van der Waals surface area contributed by atoms with Gasteiger partial charge in [-0.15, -0.1) is 0 Å². The number of carbonyl (C=O) groups is 2. The summed E-state index contributed by atoms with van der Waals surface area (Å²) in [5, 5.41) is 19.3. The number of carboxylic acid groups (broad SMARTS) is 1. The Morgan fingerprint density at radius 2 is 2.00 bits per heavy atom. The summed E-state index contributed by atoms with van der Waals surface area (Å²) in [6.07, 6.45) is -1.11. The van der Waals surface area contributed by atoms with Gasteiger partial charge in [-0.2, -0.15) is 0 Å². The van der Waals surface area contributed by atoms with E-state index in [-0.39, 0.29) is 0 Å². The molecule has 1 aliphatic rings. The number of carbonyl (C=O) groups excluding carboxylic acids is 1. The molecule has 2 N–H and O–H groups in total. The van der Waals surface area contributed by atoms with Crippen LogP contribution in [0.4, 0.5) is 4.79 Å². The maximum atomic E-state index is 12.0. The number of aliphatic hydroxyl groups is 1. The highest BCUT2D eigenvalue weighted by molar-refractivity contribution is 5.73. The minimum Gasteiger partial charge on any atom is -0.481 e. The lowest BCUT2D eigenvalue weighted by molar-refractivity contribution is -0.145. The highest BCUT2D eigenvalue weighted by Crippen LogP contribution is 2.36. The summed E-state index contributed by atoms with van der Waals surface area (Å²) in [5.41, 5.74) is 1.73. The van der Waals surface area contributed by atoms with Crippen molar-refractivity contribution in [1.82, 2.24) is 4.90 Å². The van der Waals surface area contributed by atoms with E-state index in [2.05, 4.69) is 0 Å². The molecule has 0 saturated carbocycles. The third-order valence-corrected chi connectivity index (χ3v) is 3.79. The normalized spacial score (nSPS) is 20.0. The quantitative estimate of drug-likeness (QED) is 0.892. The Morgan fingerprint density at radius 1 is 1.35 bits per heavy atom. The molecule has 0 heterocycles. The number of aliphatic carboxylic acids is 1. The van der Waals surface area contributed by atoms with Gasteiger partial charge in [-0.3, -0.25) is 4.79 Å². The van der Waals surface area contributed by atoms with E-state index in [1.807, 2.05) is 12.1 Å². The predicted octanol–water partition coefficient (Wildman–Crippen LogP) is 2.34. The number of amides is 1. The van der Waals surface area contributed by atoms with Crippen LogP contribution in [0.3, 0.4) is 0 Å². The number of benzene rings is 1. The van der Waals surface area contributed by atoms with Crippen LogP contribution in [-0.2, 0) is 22.5 Å². The Hall–Kier alpha value is -2.08. The Labute approximate surface area is 135 Å². The van der Waals surface area contributed by atoms with Gasteiger partial charge in [0.1, 0.15) is 5.60 Å². The van der Waals surface area contributed by atoms with E-state index in [9.17, 15) is 14.7 Å². The molecule has 1 aromatic rings. The van der Waals surface area contributed by atoms with Crippen molar-refractivity contribution < 1.29 is 24.5 Å². The summed E-state index contributed by atoms with van der Waals surface area (Å²) in [7, 11) is 1.64. The standard InChI is InChI=1S/C17H23NO5/c1-17(2,3)23-16(22)18(4)9-10-5-6-11-8-13(15(20)21)14(19)12(11)7-10/h5-7,13-14,19H,8-9H2,1-4H3,(H,20,21). The van der Waals surface area contributed by atoms with Crippen LogP contribution >= 0.6 is 0 Å². The lowest BCUT2D eigenvalue weighted by atomic mass is 10.0. The van der Waals surface area contributed by atoms with E-state index in [1.54, 1.807) is 33.9 Å². The fraction of sp³-hybridized carbons (Fsp3) is 0.529. The zero-order chi connectivity index (χ0) is 17.4. The van der Waals surface area contributed by atoms with Gasteiger partial charge in [-0.1, -0.05) is 18.2 Å². The molecule has 0 saturated heterocycles. The molecule has 2 rings (SSSR count). The van der Waals surface area contributed by atoms with Gasteiger partial charge >= 0.3 is 12.1 Å². The lowest BCUT2D eigenvalue weighted by Crippen LogP contribution is -2.33. The molecule has 126 valence electrons. The lowest BCUT2D eigenvalue weighted by Gasteiger charge is -2.24. The number of rotatable bonds is 3. The predicted molar refractivity (Wildman–Crippen MR) is 83.9 cm³/mol. The number of fused-ring (bicyclic) bond motifs is 1. The van der Waals surface area contributed by atoms with Crippen LogP contribution in [0, 0.1) is 5.92 Å². The van der Waals surface area contributed by atoms with E-state index in [0.29, 0.717) is 18.5 Å². The second-order valence-electron chi connectivity index (χ2n) is 6.96. The maximum Gasteiger partial charge on any atom is 0.410 e. The summed E-state index contributed by atoms with van der Waals surface area (Å²) >= 11 is 0. The fourth-order valence-corrected chi connectivity index (χ4v) is 2.67. The summed E-state index contributed by atoms with van der Waals surface area (Å²) in [4.78, 5) is 24.6. The number of hydrogen-bond acceptors (Lipinski definition) is 4. The Kier molecular flexibility index (Phi) is 4.66. The van der Waals surface area contributed by atoms with Crippen LogP contribution in [0.2, 0.25) is 0 Å². The molecular formula is C17H23NO5. The Balaban J connectivity index is 2.10. The molecule has 6 heteroatoms. The van der Waals surface area contributed by atoms with Gasteiger partial charge in [0.25, 0.3) is 0 Å². The molecule has 0 fully saturated rings. The zero-order valence-electron chi connectivity index (χ0n) is 13.9. The van der Waals surface area contributed by atoms with Gasteiger partial charge in [-0.25, -0.2) is 4.79 Å². The Bertz CT molecular complexity index is 620. The average Bonchev–Trinajstić information content (AvgIpc) is 2.74. The number of hydrogen-bond donors (Lipinski definition) is 2. The molecule has 0 spiro atoms. The third kappa shape index (κ3) is 4.01. The van der Waals surface area contributed by atoms with Crippen molar-refractivity contribution in [3.63, 3.8) is 0 Å².